The van der Waals surface area contributed by atoms with Crippen LogP contribution in [-0.2, 0) is 16.0 Å². The number of ether oxygens (including phenoxy) is 3. The van der Waals surface area contributed by atoms with Crippen molar-refractivity contribution in [2.75, 3.05) is 24.4 Å². The quantitative estimate of drug-likeness (QED) is 0.341. The van der Waals surface area contributed by atoms with Crippen molar-refractivity contribution in [1.82, 2.24) is 0 Å². The summed E-state index contributed by atoms with van der Waals surface area (Å²) in [5.74, 6) is 0.436. The lowest BCUT2D eigenvalue weighted by Gasteiger charge is -2.13. The second kappa shape index (κ2) is 12.1. The standard InChI is InChI=1S/C26H26N2O6/c1-3-33-26(31)34-20-15-12-19(13-16-20)25(30)28-22-10-6-5-9-21(22)27-24(29)17-14-18-8-4-7-11-23(18)32-2/h4-13,15-16H,3,14,17H2,1-2H3,(H,27,29)(H,28,30). The Morgan fingerprint density at radius 1 is 0.824 bits per heavy atom. The van der Waals surface area contributed by atoms with Crippen molar-refractivity contribution >= 4 is 29.3 Å². The van der Waals surface area contributed by atoms with Crippen LogP contribution in [0.4, 0.5) is 16.2 Å². The van der Waals surface area contributed by atoms with E-state index >= 15 is 0 Å². The molecule has 0 aromatic heterocycles. The molecular weight excluding hydrogens is 436 g/mol. The minimum Gasteiger partial charge on any atom is -0.496 e. The Bertz CT molecular complexity index is 1140. The summed E-state index contributed by atoms with van der Waals surface area (Å²) >= 11 is 0. The van der Waals surface area contributed by atoms with Gasteiger partial charge in [-0.05, 0) is 61.4 Å². The fourth-order valence-electron chi connectivity index (χ4n) is 3.18. The van der Waals surface area contributed by atoms with Gasteiger partial charge in [0.1, 0.15) is 11.5 Å². The third-order valence-electron chi connectivity index (χ3n) is 4.84. The fraction of sp³-hybridized carbons (Fsp3) is 0.192. The van der Waals surface area contributed by atoms with Gasteiger partial charge in [0.2, 0.25) is 5.91 Å². The van der Waals surface area contributed by atoms with Gasteiger partial charge in [-0.3, -0.25) is 9.59 Å². The number of para-hydroxylation sites is 3. The number of hydrogen-bond donors (Lipinski definition) is 2. The molecule has 176 valence electrons. The largest absolute Gasteiger partial charge is 0.513 e. The summed E-state index contributed by atoms with van der Waals surface area (Å²) in [4.78, 5) is 36.6. The monoisotopic (exact) mass is 462 g/mol. The molecule has 0 fully saturated rings. The van der Waals surface area contributed by atoms with Gasteiger partial charge in [-0.1, -0.05) is 30.3 Å². The summed E-state index contributed by atoms with van der Waals surface area (Å²) in [6.07, 6.45) is -0.0371. The molecule has 2 amide bonds. The topological polar surface area (TPSA) is 103 Å². The van der Waals surface area contributed by atoms with Crippen molar-refractivity contribution < 1.29 is 28.6 Å². The first-order valence-corrected chi connectivity index (χ1v) is 10.8. The maximum Gasteiger partial charge on any atom is 0.513 e. The van der Waals surface area contributed by atoms with Crippen molar-refractivity contribution in [3.8, 4) is 11.5 Å². The molecule has 3 aromatic rings. The average Bonchev–Trinajstić information content (AvgIpc) is 2.84. The number of carbonyl (C=O) groups excluding carboxylic acids is 3. The molecule has 8 nitrogen and oxygen atoms in total. The van der Waals surface area contributed by atoms with Gasteiger partial charge < -0.3 is 24.8 Å². The lowest BCUT2D eigenvalue weighted by Crippen LogP contribution is -2.17. The maximum absolute atomic E-state index is 12.7. The molecule has 0 saturated carbocycles. The molecule has 0 heterocycles. The number of aryl methyl sites for hydroxylation is 1. The Balaban J connectivity index is 1.60. The Morgan fingerprint density at radius 3 is 2.15 bits per heavy atom. The van der Waals surface area contributed by atoms with Gasteiger partial charge in [-0.15, -0.1) is 0 Å². The van der Waals surface area contributed by atoms with E-state index in [-0.39, 0.29) is 30.6 Å². The Morgan fingerprint density at radius 2 is 1.47 bits per heavy atom. The average molecular weight is 463 g/mol. The van der Waals surface area contributed by atoms with Crippen LogP contribution in [0, 0.1) is 0 Å². The number of nitrogens with one attached hydrogen (secondary N) is 2. The van der Waals surface area contributed by atoms with E-state index < -0.39 is 6.16 Å². The molecule has 0 atom stereocenters. The summed E-state index contributed by atoms with van der Waals surface area (Å²) in [5, 5.41) is 5.65. The number of anilines is 2. The van der Waals surface area contributed by atoms with Crippen LogP contribution in [-0.4, -0.2) is 31.7 Å². The van der Waals surface area contributed by atoms with E-state index in [9.17, 15) is 14.4 Å². The highest BCUT2D eigenvalue weighted by molar-refractivity contribution is 6.07. The lowest BCUT2D eigenvalue weighted by atomic mass is 10.1. The Hall–Kier alpha value is -4.33. The van der Waals surface area contributed by atoms with Gasteiger partial charge in [-0.2, -0.15) is 0 Å². The van der Waals surface area contributed by atoms with Crippen molar-refractivity contribution in [3.05, 3.63) is 83.9 Å². The predicted molar refractivity (Wildman–Crippen MR) is 128 cm³/mol. The van der Waals surface area contributed by atoms with Crippen LogP contribution >= 0.6 is 0 Å². The zero-order valence-electron chi connectivity index (χ0n) is 19.0. The smallest absolute Gasteiger partial charge is 0.496 e. The van der Waals surface area contributed by atoms with Gasteiger partial charge in [0.15, 0.2) is 0 Å². The molecular formula is C26H26N2O6. The van der Waals surface area contributed by atoms with Crippen LogP contribution in [0.25, 0.3) is 0 Å². The van der Waals surface area contributed by atoms with Crippen LogP contribution in [0.5, 0.6) is 11.5 Å². The first-order chi connectivity index (χ1) is 16.5. The number of rotatable bonds is 9. The molecule has 0 bridgehead atoms. The van der Waals surface area contributed by atoms with Gasteiger partial charge in [0.25, 0.3) is 5.91 Å². The molecule has 3 aromatic carbocycles. The third kappa shape index (κ3) is 6.83. The summed E-state index contributed by atoms with van der Waals surface area (Å²) < 4.78 is 15.0. The van der Waals surface area contributed by atoms with Crippen LogP contribution in [0.15, 0.2) is 72.8 Å². The highest BCUT2D eigenvalue weighted by Crippen LogP contribution is 2.24. The first kappa shape index (κ1) is 24.3. The van der Waals surface area contributed by atoms with E-state index in [1.165, 1.54) is 24.3 Å². The van der Waals surface area contributed by atoms with Crippen molar-refractivity contribution in [1.29, 1.82) is 0 Å². The number of carbonyl (C=O) groups is 3. The van der Waals surface area contributed by atoms with Crippen LogP contribution in [0.2, 0.25) is 0 Å². The summed E-state index contributed by atoms with van der Waals surface area (Å²) in [6.45, 7) is 1.88. The minimum absolute atomic E-state index is 0.187. The molecule has 0 aliphatic rings. The molecule has 0 aliphatic carbocycles. The zero-order valence-corrected chi connectivity index (χ0v) is 19.0. The number of amides is 2. The highest BCUT2D eigenvalue weighted by atomic mass is 16.7. The van der Waals surface area contributed by atoms with E-state index in [1.807, 2.05) is 24.3 Å². The molecule has 0 unspecified atom stereocenters. The van der Waals surface area contributed by atoms with E-state index in [4.69, 9.17) is 14.2 Å². The predicted octanol–water partition coefficient (Wildman–Crippen LogP) is 5.05. The molecule has 3 rings (SSSR count). The van der Waals surface area contributed by atoms with E-state index in [0.29, 0.717) is 23.4 Å². The van der Waals surface area contributed by atoms with Crippen LogP contribution in [0.1, 0.15) is 29.3 Å². The Labute approximate surface area is 197 Å². The number of methoxy groups -OCH3 is 1. The summed E-state index contributed by atoms with van der Waals surface area (Å²) in [5.41, 5.74) is 2.25. The Kier molecular flexibility index (Phi) is 8.62. The van der Waals surface area contributed by atoms with Crippen molar-refractivity contribution in [2.24, 2.45) is 0 Å². The molecule has 0 radical (unpaired) electrons. The van der Waals surface area contributed by atoms with Crippen LogP contribution in [0.3, 0.4) is 0 Å². The molecule has 0 saturated heterocycles. The normalized spacial score (nSPS) is 10.2. The molecule has 0 aliphatic heterocycles. The lowest BCUT2D eigenvalue weighted by molar-refractivity contribution is -0.116. The summed E-state index contributed by atoms with van der Waals surface area (Å²) in [7, 11) is 1.60. The third-order valence-corrected chi connectivity index (χ3v) is 4.84. The molecule has 34 heavy (non-hydrogen) atoms. The zero-order chi connectivity index (χ0) is 24.3. The highest BCUT2D eigenvalue weighted by Gasteiger charge is 2.13. The van der Waals surface area contributed by atoms with E-state index in [1.54, 1.807) is 38.3 Å². The van der Waals surface area contributed by atoms with Gasteiger partial charge in [-0.25, -0.2) is 4.79 Å². The van der Waals surface area contributed by atoms with Gasteiger partial charge in [0, 0.05) is 12.0 Å². The molecule has 0 spiro atoms. The maximum atomic E-state index is 12.7. The van der Waals surface area contributed by atoms with Crippen molar-refractivity contribution in [3.63, 3.8) is 0 Å². The molecule has 8 heteroatoms. The second-order valence-electron chi connectivity index (χ2n) is 7.17. The van der Waals surface area contributed by atoms with Gasteiger partial charge >= 0.3 is 6.16 Å². The minimum atomic E-state index is -0.810. The van der Waals surface area contributed by atoms with E-state index in [0.717, 1.165) is 11.3 Å². The van der Waals surface area contributed by atoms with Crippen molar-refractivity contribution in [2.45, 2.75) is 19.8 Å². The first-order valence-electron chi connectivity index (χ1n) is 10.8. The SMILES string of the molecule is CCOC(=O)Oc1ccc(C(=O)Nc2ccccc2NC(=O)CCc2ccccc2OC)cc1. The second-order valence-corrected chi connectivity index (χ2v) is 7.17. The number of benzene rings is 3. The molecule has 2 N–H and O–H groups in total. The van der Waals surface area contributed by atoms with Gasteiger partial charge in [0.05, 0.1) is 25.1 Å². The van der Waals surface area contributed by atoms with Crippen LogP contribution < -0.4 is 20.1 Å². The van der Waals surface area contributed by atoms with E-state index in [2.05, 4.69) is 10.6 Å². The fourth-order valence-corrected chi connectivity index (χ4v) is 3.18. The number of hydrogen-bond acceptors (Lipinski definition) is 6. The summed E-state index contributed by atoms with van der Waals surface area (Å²) in [6, 6.07) is 20.5.